The summed E-state index contributed by atoms with van der Waals surface area (Å²) in [6.07, 6.45) is 4.08. The summed E-state index contributed by atoms with van der Waals surface area (Å²) in [5.74, 6) is 0.721. The average molecular weight is 312 g/mol. The normalized spacial score (nSPS) is 19.2. The van der Waals surface area contributed by atoms with Gasteiger partial charge in [-0.1, -0.05) is 18.6 Å². The Bertz CT molecular complexity index is 554. The van der Waals surface area contributed by atoms with Crippen LogP contribution in [0.3, 0.4) is 0 Å². The number of nitrogens with zero attached hydrogens (tertiary/aromatic N) is 1. The highest BCUT2D eigenvalue weighted by molar-refractivity contribution is 7.92. The summed E-state index contributed by atoms with van der Waals surface area (Å²) in [4.78, 5) is 0. The molecular weight excluding hydrogens is 288 g/mol. The molecule has 0 radical (unpaired) electrons. The smallest absolute Gasteiger partial charge is 0.235 e. The Labute approximate surface area is 127 Å². The van der Waals surface area contributed by atoms with Crippen LogP contribution in [0.4, 0.5) is 5.69 Å². The Morgan fingerprint density at radius 3 is 2.76 bits per heavy atom. The molecule has 0 aliphatic carbocycles. The molecule has 1 heterocycles. The van der Waals surface area contributed by atoms with Gasteiger partial charge < -0.3 is 10.1 Å². The summed E-state index contributed by atoms with van der Waals surface area (Å²) in [6.45, 7) is 0.993. The van der Waals surface area contributed by atoms with Crippen LogP contribution in [0.5, 0.6) is 5.75 Å². The number of nitrogens with one attached hydrogen (secondary N) is 1. The van der Waals surface area contributed by atoms with Gasteiger partial charge in [-0.05, 0) is 37.9 Å². The van der Waals surface area contributed by atoms with Crippen molar-refractivity contribution >= 4 is 15.7 Å². The molecule has 1 unspecified atom stereocenters. The molecule has 1 fully saturated rings. The van der Waals surface area contributed by atoms with Gasteiger partial charge in [0, 0.05) is 13.1 Å². The van der Waals surface area contributed by atoms with E-state index in [1.54, 1.807) is 26.3 Å². The summed E-state index contributed by atoms with van der Waals surface area (Å²) in [6, 6.07) is 7.49. The highest BCUT2D eigenvalue weighted by atomic mass is 32.2. The first-order valence-corrected chi connectivity index (χ1v) is 8.98. The fourth-order valence-corrected chi connectivity index (χ4v) is 3.95. The Morgan fingerprint density at radius 1 is 1.33 bits per heavy atom. The van der Waals surface area contributed by atoms with Gasteiger partial charge in [0.25, 0.3) is 0 Å². The Balaban J connectivity index is 2.04. The van der Waals surface area contributed by atoms with E-state index in [9.17, 15) is 8.42 Å². The first-order chi connectivity index (χ1) is 10.0. The molecule has 1 aliphatic rings. The quantitative estimate of drug-likeness (QED) is 0.873. The fraction of sp³-hybridized carbons (Fsp3) is 0.600. The third-order valence-electron chi connectivity index (χ3n) is 3.98. The van der Waals surface area contributed by atoms with E-state index in [0.717, 1.165) is 13.0 Å². The first kappa shape index (κ1) is 16.1. The predicted molar refractivity (Wildman–Crippen MR) is 85.4 cm³/mol. The standard InChI is InChI=1S/C15H24N2O3S/c1-17(14-8-3-4-9-15(14)20-2)21(18,19)12-10-13-7-5-6-11-16-13/h3-4,8-9,13,16H,5-7,10-12H2,1-2H3. The number of anilines is 1. The molecule has 1 aliphatic heterocycles. The SMILES string of the molecule is COc1ccccc1N(C)S(=O)(=O)CCC1CCCCN1. The Kier molecular flexibility index (Phi) is 5.47. The monoisotopic (exact) mass is 312 g/mol. The van der Waals surface area contributed by atoms with Crippen molar-refractivity contribution in [1.82, 2.24) is 5.32 Å². The molecule has 0 saturated carbocycles. The van der Waals surface area contributed by atoms with Crippen molar-refractivity contribution in [3.8, 4) is 5.75 Å². The van der Waals surface area contributed by atoms with Crippen molar-refractivity contribution in [3.63, 3.8) is 0 Å². The van der Waals surface area contributed by atoms with Crippen LogP contribution in [0.2, 0.25) is 0 Å². The van der Waals surface area contributed by atoms with Crippen molar-refractivity contribution in [1.29, 1.82) is 0 Å². The van der Waals surface area contributed by atoms with Gasteiger partial charge in [0.15, 0.2) is 0 Å². The molecule has 6 heteroatoms. The van der Waals surface area contributed by atoms with Crippen LogP contribution in [0.1, 0.15) is 25.7 Å². The van der Waals surface area contributed by atoms with Crippen LogP contribution in [-0.2, 0) is 10.0 Å². The first-order valence-electron chi connectivity index (χ1n) is 7.37. The second-order valence-corrected chi connectivity index (χ2v) is 7.51. The summed E-state index contributed by atoms with van der Waals surface area (Å²) in [7, 11) is -0.200. The van der Waals surface area contributed by atoms with E-state index in [1.165, 1.54) is 17.1 Å². The zero-order chi connectivity index (χ0) is 15.3. The maximum absolute atomic E-state index is 12.5. The topological polar surface area (TPSA) is 58.6 Å². The molecule has 1 aromatic rings. The molecule has 0 spiro atoms. The molecule has 5 nitrogen and oxygen atoms in total. The van der Waals surface area contributed by atoms with Crippen molar-refractivity contribution in [3.05, 3.63) is 24.3 Å². The third-order valence-corrected chi connectivity index (χ3v) is 5.76. The lowest BCUT2D eigenvalue weighted by molar-refractivity contribution is 0.392. The maximum atomic E-state index is 12.5. The molecule has 21 heavy (non-hydrogen) atoms. The largest absolute Gasteiger partial charge is 0.495 e. The lowest BCUT2D eigenvalue weighted by Gasteiger charge is -2.25. The van der Waals surface area contributed by atoms with E-state index in [-0.39, 0.29) is 5.75 Å². The fourth-order valence-electron chi connectivity index (χ4n) is 2.64. The Hall–Kier alpha value is -1.27. The van der Waals surface area contributed by atoms with E-state index in [2.05, 4.69) is 5.32 Å². The molecule has 0 aromatic heterocycles. The molecular formula is C15H24N2O3S. The van der Waals surface area contributed by atoms with E-state index in [4.69, 9.17) is 4.74 Å². The summed E-state index contributed by atoms with van der Waals surface area (Å²) in [5, 5.41) is 3.39. The van der Waals surface area contributed by atoms with Crippen LogP contribution in [0.25, 0.3) is 0 Å². The second kappa shape index (κ2) is 7.13. The van der Waals surface area contributed by atoms with Crippen molar-refractivity contribution in [2.75, 3.05) is 30.8 Å². The number of para-hydroxylation sites is 2. The number of rotatable bonds is 6. The van der Waals surface area contributed by atoms with E-state index >= 15 is 0 Å². The zero-order valence-corrected chi connectivity index (χ0v) is 13.5. The van der Waals surface area contributed by atoms with Gasteiger partial charge in [-0.2, -0.15) is 0 Å². The molecule has 118 valence electrons. The molecule has 1 aromatic carbocycles. The number of methoxy groups -OCH3 is 1. The number of ether oxygens (including phenoxy) is 1. The minimum Gasteiger partial charge on any atom is -0.495 e. The van der Waals surface area contributed by atoms with Gasteiger partial charge in [0.1, 0.15) is 5.75 Å². The highest BCUT2D eigenvalue weighted by Crippen LogP contribution is 2.28. The Morgan fingerprint density at radius 2 is 2.10 bits per heavy atom. The number of sulfonamides is 1. The van der Waals surface area contributed by atoms with Crippen LogP contribution in [0, 0.1) is 0 Å². The van der Waals surface area contributed by atoms with Crippen LogP contribution >= 0.6 is 0 Å². The van der Waals surface area contributed by atoms with Crippen LogP contribution in [-0.4, -0.2) is 40.9 Å². The number of hydrogen-bond donors (Lipinski definition) is 1. The average Bonchev–Trinajstić information content (AvgIpc) is 2.53. The minimum absolute atomic E-state index is 0.152. The van der Waals surface area contributed by atoms with Crippen molar-refractivity contribution in [2.45, 2.75) is 31.7 Å². The van der Waals surface area contributed by atoms with Gasteiger partial charge in [-0.25, -0.2) is 8.42 Å². The van der Waals surface area contributed by atoms with Crippen LogP contribution in [0.15, 0.2) is 24.3 Å². The molecule has 1 atom stereocenters. The zero-order valence-electron chi connectivity index (χ0n) is 12.7. The van der Waals surface area contributed by atoms with Crippen molar-refractivity contribution < 1.29 is 13.2 Å². The molecule has 0 amide bonds. The molecule has 1 saturated heterocycles. The molecule has 2 rings (SSSR count). The van der Waals surface area contributed by atoms with E-state index < -0.39 is 10.0 Å². The van der Waals surface area contributed by atoms with Gasteiger partial charge in [-0.3, -0.25) is 4.31 Å². The summed E-state index contributed by atoms with van der Waals surface area (Å²) < 4.78 is 31.5. The van der Waals surface area contributed by atoms with Crippen LogP contribution < -0.4 is 14.4 Å². The summed E-state index contributed by atoms with van der Waals surface area (Å²) >= 11 is 0. The minimum atomic E-state index is -3.33. The van der Waals surface area contributed by atoms with Gasteiger partial charge >= 0.3 is 0 Å². The lowest BCUT2D eigenvalue weighted by Crippen LogP contribution is -2.37. The van der Waals surface area contributed by atoms with Gasteiger partial charge in [0.2, 0.25) is 10.0 Å². The highest BCUT2D eigenvalue weighted by Gasteiger charge is 2.23. The van der Waals surface area contributed by atoms with E-state index in [0.29, 0.717) is 23.9 Å². The lowest BCUT2D eigenvalue weighted by atomic mass is 10.0. The predicted octanol–water partition coefficient (Wildman–Crippen LogP) is 1.99. The number of hydrogen-bond acceptors (Lipinski definition) is 4. The van der Waals surface area contributed by atoms with E-state index in [1.807, 2.05) is 12.1 Å². The van der Waals surface area contributed by atoms with Crippen molar-refractivity contribution in [2.24, 2.45) is 0 Å². The van der Waals surface area contributed by atoms with Gasteiger partial charge in [-0.15, -0.1) is 0 Å². The number of piperidine rings is 1. The molecule has 0 bridgehead atoms. The number of benzene rings is 1. The molecule has 1 N–H and O–H groups in total. The second-order valence-electron chi connectivity index (χ2n) is 5.39. The summed E-state index contributed by atoms with van der Waals surface area (Å²) in [5.41, 5.74) is 0.580. The van der Waals surface area contributed by atoms with Gasteiger partial charge in [0.05, 0.1) is 18.6 Å². The maximum Gasteiger partial charge on any atom is 0.235 e. The third kappa shape index (κ3) is 4.11.